The van der Waals surface area contributed by atoms with Crippen LogP contribution in [0, 0.1) is 0 Å². The molecule has 19 heavy (non-hydrogen) atoms. The van der Waals surface area contributed by atoms with Gasteiger partial charge in [0.1, 0.15) is 0 Å². The third-order valence-corrected chi connectivity index (χ3v) is 2.59. The Hall–Kier alpha value is -2.24. The molecule has 1 rings (SSSR count). The Morgan fingerprint density at radius 2 is 2.05 bits per heavy atom. The zero-order valence-electron chi connectivity index (χ0n) is 11.3. The lowest BCUT2D eigenvalue weighted by molar-refractivity contribution is -0.128. The van der Waals surface area contributed by atoms with E-state index in [1.807, 2.05) is 0 Å². The molecule has 0 aromatic heterocycles. The summed E-state index contributed by atoms with van der Waals surface area (Å²) in [5.41, 5.74) is 0.122. The van der Waals surface area contributed by atoms with Crippen molar-refractivity contribution in [1.82, 2.24) is 10.2 Å². The van der Waals surface area contributed by atoms with Crippen molar-refractivity contribution in [3.8, 4) is 11.5 Å². The number of carbonyl (C=O) groups excluding carboxylic acids is 2. The van der Waals surface area contributed by atoms with Crippen LogP contribution in [-0.4, -0.2) is 49.6 Å². The Kier molecular flexibility index (Phi) is 5.17. The van der Waals surface area contributed by atoms with Crippen molar-refractivity contribution in [2.45, 2.75) is 6.42 Å². The smallest absolute Gasteiger partial charge is 0.255 e. The van der Waals surface area contributed by atoms with Crippen molar-refractivity contribution in [3.05, 3.63) is 23.8 Å². The molecule has 2 N–H and O–H groups in total. The van der Waals surface area contributed by atoms with E-state index in [0.717, 1.165) is 0 Å². The minimum Gasteiger partial charge on any atom is -0.504 e. The summed E-state index contributed by atoms with van der Waals surface area (Å²) in [6, 6.07) is 4.65. The third kappa shape index (κ3) is 3.87. The van der Waals surface area contributed by atoms with E-state index in [-0.39, 0.29) is 35.9 Å². The number of rotatable bonds is 5. The fourth-order valence-corrected chi connectivity index (χ4v) is 1.47. The lowest BCUT2D eigenvalue weighted by Crippen LogP contribution is -2.30. The van der Waals surface area contributed by atoms with Gasteiger partial charge in [0, 0.05) is 27.1 Å². The van der Waals surface area contributed by atoms with Gasteiger partial charge < -0.3 is 20.1 Å². The molecule has 0 heterocycles. The van der Waals surface area contributed by atoms with Crippen LogP contribution in [0.25, 0.3) is 0 Å². The number of nitrogens with one attached hydrogen (secondary N) is 1. The fourth-order valence-electron chi connectivity index (χ4n) is 1.47. The van der Waals surface area contributed by atoms with Crippen molar-refractivity contribution in [3.63, 3.8) is 0 Å². The molecule has 0 fully saturated rings. The molecule has 0 radical (unpaired) electrons. The molecule has 0 aliphatic heterocycles. The highest BCUT2D eigenvalue weighted by atomic mass is 16.5. The lowest BCUT2D eigenvalue weighted by atomic mass is 10.1. The van der Waals surface area contributed by atoms with E-state index in [9.17, 15) is 14.7 Å². The highest BCUT2D eigenvalue weighted by Gasteiger charge is 2.14. The predicted molar refractivity (Wildman–Crippen MR) is 70.3 cm³/mol. The van der Waals surface area contributed by atoms with Gasteiger partial charge in [0.15, 0.2) is 11.5 Å². The van der Waals surface area contributed by atoms with Gasteiger partial charge in [0.2, 0.25) is 5.91 Å². The Bertz CT molecular complexity index is 472. The van der Waals surface area contributed by atoms with Gasteiger partial charge in [-0.3, -0.25) is 9.59 Å². The van der Waals surface area contributed by atoms with Crippen LogP contribution in [0.3, 0.4) is 0 Å². The molecule has 0 aliphatic carbocycles. The molecule has 0 atom stereocenters. The van der Waals surface area contributed by atoms with Gasteiger partial charge in [-0.25, -0.2) is 0 Å². The number of amides is 2. The molecule has 0 saturated carbocycles. The van der Waals surface area contributed by atoms with Crippen molar-refractivity contribution in [2.75, 3.05) is 27.7 Å². The highest BCUT2D eigenvalue weighted by Crippen LogP contribution is 2.29. The first-order valence-electron chi connectivity index (χ1n) is 5.81. The van der Waals surface area contributed by atoms with Gasteiger partial charge in [0.25, 0.3) is 5.91 Å². The monoisotopic (exact) mass is 266 g/mol. The molecular weight excluding hydrogens is 248 g/mol. The van der Waals surface area contributed by atoms with Gasteiger partial charge in [-0.2, -0.15) is 0 Å². The first kappa shape index (κ1) is 14.8. The quantitative estimate of drug-likeness (QED) is 0.818. The van der Waals surface area contributed by atoms with E-state index in [1.165, 1.54) is 18.1 Å². The second kappa shape index (κ2) is 6.63. The number of nitrogens with zero attached hydrogens (tertiary/aromatic N) is 1. The zero-order valence-corrected chi connectivity index (χ0v) is 11.3. The molecule has 104 valence electrons. The fraction of sp³-hybridized carbons (Fsp3) is 0.385. The molecule has 0 spiro atoms. The summed E-state index contributed by atoms with van der Waals surface area (Å²) < 4.78 is 4.92. The summed E-state index contributed by atoms with van der Waals surface area (Å²) in [7, 11) is 4.71. The number of carbonyl (C=O) groups is 2. The van der Waals surface area contributed by atoms with Crippen LogP contribution in [0.5, 0.6) is 11.5 Å². The maximum atomic E-state index is 11.8. The van der Waals surface area contributed by atoms with E-state index < -0.39 is 5.91 Å². The lowest BCUT2D eigenvalue weighted by Gasteiger charge is -2.11. The van der Waals surface area contributed by atoms with Crippen LogP contribution < -0.4 is 10.1 Å². The normalized spacial score (nSPS) is 9.84. The Balaban J connectivity index is 2.62. The second-order valence-corrected chi connectivity index (χ2v) is 4.15. The minimum atomic E-state index is -0.442. The summed E-state index contributed by atoms with van der Waals surface area (Å²) >= 11 is 0. The number of methoxy groups -OCH3 is 1. The van der Waals surface area contributed by atoms with Crippen molar-refractivity contribution < 1.29 is 19.4 Å². The van der Waals surface area contributed by atoms with Crippen LogP contribution in [0.15, 0.2) is 18.2 Å². The number of para-hydroxylation sites is 1. The van der Waals surface area contributed by atoms with E-state index in [0.29, 0.717) is 0 Å². The SMILES string of the molecule is COc1cccc(C(=O)NCCC(=O)N(C)C)c1O. The summed E-state index contributed by atoms with van der Waals surface area (Å²) in [6.07, 6.45) is 0.212. The number of aromatic hydroxyl groups is 1. The number of hydrogen-bond acceptors (Lipinski definition) is 4. The number of ether oxygens (including phenoxy) is 1. The van der Waals surface area contributed by atoms with Gasteiger partial charge in [-0.05, 0) is 12.1 Å². The minimum absolute atomic E-state index is 0.0739. The maximum absolute atomic E-state index is 11.8. The van der Waals surface area contributed by atoms with Crippen molar-refractivity contribution in [1.29, 1.82) is 0 Å². The number of phenols is 1. The average molecular weight is 266 g/mol. The van der Waals surface area contributed by atoms with Crippen LogP contribution in [-0.2, 0) is 4.79 Å². The topological polar surface area (TPSA) is 78.9 Å². The molecule has 0 bridgehead atoms. The Morgan fingerprint density at radius 3 is 2.63 bits per heavy atom. The molecule has 6 heteroatoms. The van der Waals surface area contributed by atoms with E-state index in [2.05, 4.69) is 5.32 Å². The van der Waals surface area contributed by atoms with E-state index in [1.54, 1.807) is 26.2 Å². The first-order valence-corrected chi connectivity index (χ1v) is 5.81. The summed E-state index contributed by atoms with van der Waals surface area (Å²) in [4.78, 5) is 24.6. The first-order chi connectivity index (χ1) is 8.97. The predicted octanol–water partition coefficient (Wildman–Crippen LogP) is 0.609. The van der Waals surface area contributed by atoms with E-state index in [4.69, 9.17) is 4.74 Å². The Morgan fingerprint density at radius 1 is 1.37 bits per heavy atom. The molecule has 0 saturated heterocycles. The van der Waals surface area contributed by atoms with Crippen molar-refractivity contribution in [2.24, 2.45) is 0 Å². The summed E-state index contributed by atoms with van der Waals surface area (Å²) in [6.45, 7) is 0.215. The highest BCUT2D eigenvalue weighted by molar-refractivity contribution is 5.97. The van der Waals surface area contributed by atoms with Crippen LogP contribution in [0.4, 0.5) is 0 Å². The van der Waals surface area contributed by atoms with Crippen LogP contribution >= 0.6 is 0 Å². The van der Waals surface area contributed by atoms with Gasteiger partial charge >= 0.3 is 0 Å². The average Bonchev–Trinajstić information content (AvgIpc) is 2.38. The van der Waals surface area contributed by atoms with Crippen molar-refractivity contribution >= 4 is 11.8 Å². The third-order valence-electron chi connectivity index (χ3n) is 2.59. The Labute approximate surface area is 112 Å². The maximum Gasteiger partial charge on any atom is 0.255 e. The number of phenolic OH excluding ortho intramolecular Hbond substituents is 1. The van der Waals surface area contributed by atoms with E-state index >= 15 is 0 Å². The molecule has 0 aliphatic rings. The molecule has 2 amide bonds. The molecular formula is C13H18N2O4. The zero-order chi connectivity index (χ0) is 14.4. The molecule has 1 aromatic carbocycles. The largest absolute Gasteiger partial charge is 0.504 e. The van der Waals surface area contributed by atoms with Gasteiger partial charge in [0.05, 0.1) is 12.7 Å². The molecule has 6 nitrogen and oxygen atoms in total. The standard InChI is InChI=1S/C13H18N2O4/c1-15(2)11(16)7-8-14-13(18)9-5-4-6-10(19-3)12(9)17/h4-6,17H,7-8H2,1-3H3,(H,14,18). The second-order valence-electron chi connectivity index (χ2n) is 4.15. The van der Waals surface area contributed by atoms with Gasteiger partial charge in [-0.15, -0.1) is 0 Å². The summed E-state index contributed by atoms with van der Waals surface area (Å²) in [5.74, 6) is -0.489. The number of hydrogen-bond donors (Lipinski definition) is 2. The summed E-state index contributed by atoms with van der Waals surface area (Å²) in [5, 5.41) is 12.4. The van der Waals surface area contributed by atoms with Gasteiger partial charge in [-0.1, -0.05) is 6.07 Å². The molecule has 1 aromatic rings. The van der Waals surface area contributed by atoms with Crippen LogP contribution in [0.1, 0.15) is 16.8 Å². The molecule has 0 unspecified atom stereocenters. The van der Waals surface area contributed by atoms with Crippen LogP contribution in [0.2, 0.25) is 0 Å². The number of benzene rings is 1.